The minimum Gasteiger partial charge on any atom is -0.456 e. The molecule has 0 atom stereocenters. The predicted molar refractivity (Wildman–Crippen MR) is 108 cm³/mol. The molecule has 3 aromatic rings. The fraction of sp³-hybridized carbons (Fsp3) is 0.190. The zero-order valence-electron chi connectivity index (χ0n) is 15.6. The summed E-state index contributed by atoms with van der Waals surface area (Å²) in [5, 5.41) is 3.38. The molecule has 156 valence electrons. The van der Waals surface area contributed by atoms with Crippen LogP contribution in [0.4, 0.5) is 14.5 Å². The summed E-state index contributed by atoms with van der Waals surface area (Å²) in [6.45, 7) is -3.50. The van der Waals surface area contributed by atoms with Crippen LogP contribution in [0.1, 0.15) is 12.1 Å². The van der Waals surface area contributed by atoms with Gasteiger partial charge in [0.2, 0.25) is 0 Å². The second-order valence-electron chi connectivity index (χ2n) is 6.23. The minimum atomic E-state index is -3.01. The van der Waals surface area contributed by atoms with Gasteiger partial charge in [-0.1, -0.05) is 35.9 Å². The molecule has 0 unspecified atom stereocenters. The molecular weight excluding hydrogens is 418 g/mol. The molecule has 0 saturated heterocycles. The summed E-state index contributed by atoms with van der Waals surface area (Å²) in [5.41, 5.74) is 1.84. The van der Waals surface area contributed by atoms with Crippen molar-refractivity contribution in [1.29, 1.82) is 0 Å². The third-order valence-corrected chi connectivity index (χ3v) is 4.33. The number of carbonyl (C=O) groups excluding carboxylic acids is 2. The summed E-state index contributed by atoms with van der Waals surface area (Å²) >= 11 is 5.82. The number of alkyl halides is 2. The average molecular weight is 435 g/mol. The number of esters is 1. The summed E-state index contributed by atoms with van der Waals surface area (Å²) in [4.78, 5) is 28.3. The number of nitrogens with zero attached hydrogens (tertiary/aromatic N) is 1. The molecule has 0 aliphatic rings. The Labute approximate surface area is 175 Å². The largest absolute Gasteiger partial charge is 0.456 e. The molecule has 0 spiro atoms. The number of benzene rings is 2. The quantitative estimate of drug-likeness (QED) is 0.524. The average Bonchev–Trinajstić information content (AvgIpc) is 2.72. The Kier molecular flexibility index (Phi) is 7.13. The normalized spacial score (nSPS) is 10.8. The number of pyridine rings is 1. The van der Waals surface area contributed by atoms with Gasteiger partial charge in [0.15, 0.2) is 6.61 Å². The molecule has 1 heterocycles. The van der Waals surface area contributed by atoms with Crippen molar-refractivity contribution >= 4 is 40.1 Å². The molecule has 6 nitrogen and oxygen atoms in total. The molecule has 0 bridgehead atoms. The fourth-order valence-corrected chi connectivity index (χ4v) is 2.89. The van der Waals surface area contributed by atoms with Gasteiger partial charge in [0, 0.05) is 23.2 Å². The second kappa shape index (κ2) is 9.98. The molecule has 1 aromatic heterocycles. The zero-order chi connectivity index (χ0) is 21.5. The number of para-hydroxylation sites is 1. The van der Waals surface area contributed by atoms with Gasteiger partial charge in [-0.3, -0.25) is 14.6 Å². The van der Waals surface area contributed by atoms with Crippen LogP contribution in [0.2, 0.25) is 5.02 Å². The van der Waals surface area contributed by atoms with E-state index in [0.29, 0.717) is 6.42 Å². The van der Waals surface area contributed by atoms with E-state index in [1.165, 1.54) is 18.2 Å². The summed E-state index contributed by atoms with van der Waals surface area (Å²) in [6.07, 6.45) is 0.455. The molecular formula is C21H17ClF2N2O4. The van der Waals surface area contributed by atoms with Crippen molar-refractivity contribution in [2.45, 2.75) is 19.5 Å². The van der Waals surface area contributed by atoms with E-state index in [1.807, 2.05) is 36.4 Å². The zero-order valence-corrected chi connectivity index (χ0v) is 16.4. The maximum Gasteiger partial charge on any atom is 0.387 e. The maximum absolute atomic E-state index is 12.2. The van der Waals surface area contributed by atoms with Crippen LogP contribution in [0, 0.1) is 0 Å². The van der Waals surface area contributed by atoms with Crippen LogP contribution in [0.15, 0.2) is 54.6 Å². The van der Waals surface area contributed by atoms with Crippen molar-refractivity contribution in [3.63, 3.8) is 0 Å². The van der Waals surface area contributed by atoms with Gasteiger partial charge in [0.1, 0.15) is 5.75 Å². The number of nitrogens with one attached hydrogen (secondary N) is 1. The highest BCUT2D eigenvalue weighted by atomic mass is 35.5. The van der Waals surface area contributed by atoms with Gasteiger partial charge < -0.3 is 14.8 Å². The number of amides is 1. The molecule has 0 radical (unpaired) electrons. The first-order valence-electron chi connectivity index (χ1n) is 8.95. The first-order chi connectivity index (χ1) is 14.4. The molecule has 0 aliphatic carbocycles. The Morgan fingerprint density at radius 3 is 2.67 bits per heavy atom. The van der Waals surface area contributed by atoms with Gasteiger partial charge in [-0.2, -0.15) is 8.78 Å². The number of rotatable bonds is 8. The topological polar surface area (TPSA) is 77.5 Å². The molecule has 9 heteroatoms. The van der Waals surface area contributed by atoms with Crippen molar-refractivity contribution in [2.75, 3.05) is 11.9 Å². The number of hydrogen-bond donors (Lipinski definition) is 1. The number of hydrogen-bond acceptors (Lipinski definition) is 5. The Hall–Kier alpha value is -3.26. The molecule has 1 amide bonds. The van der Waals surface area contributed by atoms with Gasteiger partial charge in [0.25, 0.3) is 5.91 Å². The summed E-state index contributed by atoms with van der Waals surface area (Å²) in [5.74, 6) is -1.34. The SMILES string of the molecule is O=C(COC(=O)CCc1ccc2ccccc2n1)Nc1ccc(OC(F)F)c(Cl)c1. The van der Waals surface area contributed by atoms with Crippen LogP contribution in [0.5, 0.6) is 5.75 Å². The van der Waals surface area contributed by atoms with Gasteiger partial charge in [-0.05, 0) is 30.3 Å². The van der Waals surface area contributed by atoms with Gasteiger partial charge in [-0.25, -0.2) is 0 Å². The van der Waals surface area contributed by atoms with Crippen molar-refractivity contribution < 1.29 is 27.8 Å². The summed E-state index contributed by atoms with van der Waals surface area (Å²) in [6, 6.07) is 15.2. The van der Waals surface area contributed by atoms with E-state index in [0.717, 1.165) is 16.6 Å². The van der Waals surface area contributed by atoms with Crippen LogP contribution in [0.3, 0.4) is 0 Å². The molecule has 0 aliphatic heterocycles. The van der Waals surface area contributed by atoms with Gasteiger partial charge in [0.05, 0.1) is 17.0 Å². The van der Waals surface area contributed by atoms with E-state index in [2.05, 4.69) is 15.0 Å². The van der Waals surface area contributed by atoms with Crippen LogP contribution in [-0.2, 0) is 20.7 Å². The van der Waals surface area contributed by atoms with E-state index in [4.69, 9.17) is 16.3 Å². The highest BCUT2D eigenvalue weighted by molar-refractivity contribution is 6.32. The predicted octanol–water partition coefficient (Wildman–Crippen LogP) is 4.60. The van der Waals surface area contributed by atoms with Crippen molar-refractivity contribution in [3.05, 3.63) is 65.3 Å². The summed E-state index contributed by atoms with van der Waals surface area (Å²) in [7, 11) is 0. The highest BCUT2D eigenvalue weighted by Gasteiger charge is 2.12. The number of fused-ring (bicyclic) bond motifs is 1. The van der Waals surface area contributed by atoms with Gasteiger partial charge in [-0.15, -0.1) is 0 Å². The van der Waals surface area contributed by atoms with Crippen LogP contribution in [-0.4, -0.2) is 30.1 Å². The van der Waals surface area contributed by atoms with E-state index in [9.17, 15) is 18.4 Å². The van der Waals surface area contributed by atoms with Crippen molar-refractivity contribution in [3.8, 4) is 5.75 Å². The Bertz CT molecular complexity index is 1060. The van der Waals surface area contributed by atoms with Crippen molar-refractivity contribution in [1.82, 2.24) is 4.98 Å². The lowest BCUT2D eigenvalue weighted by Gasteiger charge is -2.10. The smallest absolute Gasteiger partial charge is 0.387 e. The number of anilines is 1. The fourth-order valence-electron chi connectivity index (χ4n) is 2.66. The van der Waals surface area contributed by atoms with E-state index in [1.54, 1.807) is 0 Å². The lowest BCUT2D eigenvalue weighted by Crippen LogP contribution is -2.21. The molecule has 1 N–H and O–H groups in total. The number of carbonyl (C=O) groups is 2. The summed E-state index contributed by atoms with van der Waals surface area (Å²) < 4.78 is 33.6. The molecule has 0 fully saturated rings. The third kappa shape index (κ3) is 6.12. The number of aromatic nitrogens is 1. The minimum absolute atomic E-state index is 0.0735. The van der Waals surface area contributed by atoms with E-state index < -0.39 is 25.1 Å². The first kappa shape index (κ1) is 21.4. The highest BCUT2D eigenvalue weighted by Crippen LogP contribution is 2.28. The lowest BCUT2D eigenvalue weighted by atomic mass is 10.1. The van der Waals surface area contributed by atoms with Crippen molar-refractivity contribution in [2.24, 2.45) is 0 Å². The molecule has 3 rings (SSSR count). The van der Waals surface area contributed by atoms with Gasteiger partial charge >= 0.3 is 12.6 Å². The van der Waals surface area contributed by atoms with E-state index in [-0.39, 0.29) is 22.9 Å². The Morgan fingerprint density at radius 1 is 1.10 bits per heavy atom. The Balaban J connectivity index is 1.44. The lowest BCUT2D eigenvalue weighted by molar-refractivity contribution is -0.147. The molecule has 0 saturated carbocycles. The van der Waals surface area contributed by atoms with Crippen LogP contribution >= 0.6 is 11.6 Å². The number of aryl methyl sites for hydroxylation is 1. The van der Waals surface area contributed by atoms with E-state index >= 15 is 0 Å². The number of halogens is 3. The number of ether oxygens (including phenoxy) is 2. The van der Waals surface area contributed by atoms with Crippen LogP contribution in [0.25, 0.3) is 10.9 Å². The third-order valence-electron chi connectivity index (χ3n) is 4.04. The maximum atomic E-state index is 12.2. The van der Waals surface area contributed by atoms with Crippen LogP contribution < -0.4 is 10.1 Å². The monoisotopic (exact) mass is 434 g/mol. The molecule has 2 aromatic carbocycles. The first-order valence-corrected chi connectivity index (χ1v) is 9.33. The second-order valence-corrected chi connectivity index (χ2v) is 6.64. The molecule has 30 heavy (non-hydrogen) atoms. The Morgan fingerprint density at radius 2 is 1.90 bits per heavy atom. The standard InChI is InChI=1S/C21H17ClF2N2O4/c22-16-11-15(7-9-18(16)30-21(23)24)26-19(27)12-29-20(28)10-8-14-6-5-13-3-1-2-4-17(13)25-14/h1-7,9,11,21H,8,10,12H2,(H,26,27).